The summed E-state index contributed by atoms with van der Waals surface area (Å²) in [6, 6.07) is 22.9. The van der Waals surface area contributed by atoms with Crippen LogP contribution < -0.4 is 30.9 Å². The molecule has 13 heteroatoms. The first-order valence-electron chi connectivity index (χ1n) is 23.7. The Bertz CT molecular complexity index is 2070. The number of nitrogens with zero attached hydrogens (tertiary/aromatic N) is 3. The van der Waals surface area contributed by atoms with Crippen molar-refractivity contribution in [2.45, 2.75) is 136 Å². The number of aliphatic hydroxyl groups excluding tert-OH is 1. The zero-order valence-corrected chi connectivity index (χ0v) is 40.8. The predicted octanol–water partition coefficient (Wildman–Crippen LogP) is 8.32. The highest BCUT2D eigenvalue weighted by molar-refractivity contribution is 7.13. The smallest absolute Gasteiger partial charge is 0.246 e. The van der Waals surface area contributed by atoms with E-state index in [9.17, 15) is 19.5 Å². The number of amides is 3. The average molecular weight is 910 g/mol. The van der Waals surface area contributed by atoms with Crippen molar-refractivity contribution < 1.29 is 24.2 Å². The van der Waals surface area contributed by atoms with Crippen molar-refractivity contribution in [3.8, 4) is 16.2 Å². The van der Waals surface area contributed by atoms with Crippen molar-refractivity contribution in [2.24, 2.45) is 5.41 Å². The molecule has 2 heterocycles. The number of β-amino-alcohol motifs (C(OH)–C–C–N with tert-alkyl or cyclic N) is 1. The number of nitrogens with one attached hydrogen (secondary N) is 4. The summed E-state index contributed by atoms with van der Waals surface area (Å²) in [5.74, 6) is 0.0626. The number of unbranched alkanes of at least 4 members (excludes halogenated alkanes) is 6. The van der Waals surface area contributed by atoms with Gasteiger partial charge in [-0.3, -0.25) is 14.4 Å². The van der Waals surface area contributed by atoms with E-state index in [1.807, 2.05) is 64.4 Å². The van der Waals surface area contributed by atoms with Gasteiger partial charge in [-0.1, -0.05) is 107 Å². The van der Waals surface area contributed by atoms with Gasteiger partial charge in [0.15, 0.2) is 0 Å². The van der Waals surface area contributed by atoms with Crippen LogP contribution in [0, 0.1) is 12.3 Å². The Balaban J connectivity index is 0.914. The minimum absolute atomic E-state index is 0.0437. The third kappa shape index (κ3) is 16.2. The summed E-state index contributed by atoms with van der Waals surface area (Å²) >= 11 is 1.59. The molecule has 0 spiro atoms. The zero-order valence-electron chi connectivity index (χ0n) is 40.0. The van der Waals surface area contributed by atoms with Gasteiger partial charge in [0, 0.05) is 52.3 Å². The molecule has 12 nitrogen and oxygen atoms in total. The fraction of sp³-hybridized carbons (Fsp3) is 0.538. The van der Waals surface area contributed by atoms with Crippen LogP contribution in [-0.4, -0.2) is 91.2 Å². The maximum Gasteiger partial charge on any atom is 0.246 e. The molecular weight excluding hydrogens is 835 g/mol. The Morgan fingerprint density at radius 1 is 0.862 bits per heavy atom. The Labute approximate surface area is 392 Å². The van der Waals surface area contributed by atoms with Crippen LogP contribution in [-0.2, 0) is 27.5 Å². The lowest BCUT2D eigenvalue weighted by Crippen LogP contribution is -2.57. The number of ether oxygens (including phenoxy) is 1. The molecule has 0 unspecified atom stereocenters. The number of hydrogen-bond acceptors (Lipinski definition) is 10. The van der Waals surface area contributed by atoms with Crippen LogP contribution in [0.15, 0.2) is 78.3 Å². The standard InChI is InChI=1S/C52H75N7O5S/c1-37(40-23-25-41(26-24-40)48-38(2)55-36-65-48)56-50(62)46-32-43(60)35-59(46)51(63)49(52(3,4)5)57-47(61)20-13-11-9-8-10-12-16-31-64-44-27-21-39(22-28-44)33-53-29-17-30-54-34-42-18-14-15-19-45(42)58(6)7/h14-15,18-19,21-28,36-37,43,46,49,53-54,60H,8-13,16-17,20,29-35H2,1-7H3,(H,56,62)(H,57,61)/t37-,43+,46-,49+/m0/s1. The number of aryl methyl sites for hydroxylation is 1. The van der Waals surface area contributed by atoms with Crippen molar-refractivity contribution in [3.05, 3.63) is 101 Å². The number of carbonyl (C=O) groups excluding carboxylic acids is 3. The van der Waals surface area contributed by atoms with Crippen LogP contribution in [0.4, 0.5) is 5.69 Å². The van der Waals surface area contributed by atoms with Crippen LogP contribution in [0.2, 0.25) is 0 Å². The Morgan fingerprint density at radius 2 is 1.52 bits per heavy atom. The molecule has 3 aromatic carbocycles. The molecule has 354 valence electrons. The van der Waals surface area contributed by atoms with Crippen LogP contribution in [0.25, 0.3) is 10.4 Å². The molecular formula is C52H75N7O5S. The second-order valence-corrected chi connectivity index (χ2v) is 19.7. The molecule has 1 aromatic heterocycles. The number of para-hydroxylation sites is 1. The minimum Gasteiger partial charge on any atom is -0.494 e. The predicted molar refractivity (Wildman–Crippen MR) is 264 cm³/mol. The highest BCUT2D eigenvalue weighted by atomic mass is 32.1. The van der Waals surface area contributed by atoms with E-state index in [4.69, 9.17) is 4.74 Å². The minimum atomic E-state index is -0.834. The van der Waals surface area contributed by atoms with Crippen LogP contribution in [0.5, 0.6) is 5.75 Å². The third-order valence-electron chi connectivity index (χ3n) is 12.1. The average Bonchev–Trinajstić information content (AvgIpc) is 3.90. The molecule has 5 N–H and O–H groups in total. The van der Waals surface area contributed by atoms with Crippen molar-refractivity contribution >= 4 is 34.7 Å². The summed E-state index contributed by atoms with van der Waals surface area (Å²) in [7, 11) is 4.16. The first kappa shape index (κ1) is 51.2. The van der Waals surface area contributed by atoms with Gasteiger partial charge in [0.1, 0.15) is 17.8 Å². The second-order valence-electron chi connectivity index (χ2n) is 18.8. The molecule has 1 saturated heterocycles. The Kier molecular flexibility index (Phi) is 20.3. The highest BCUT2D eigenvalue weighted by Gasteiger charge is 2.44. The van der Waals surface area contributed by atoms with Crippen LogP contribution in [0.3, 0.4) is 0 Å². The number of aromatic nitrogens is 1. The summed E-state index contributed by atoms with van der Waals surface area (Å²) in [5.41, 5.74) is 8.03. The molecule has 0 bridgehead atoms. The lowest BCUT2D eigenvalue weighted by Gasteiger charge is -2.35. The largest absolute Gasteiger partial charge is 0.494 e. The number of likely N-dealkylation sites (tertiary alicyclic amines) is 1. The number of thiazole rings is 1. The maximum atomic E-state index is 14.1. The van der Waals surface area contributed by atoms with E-state index in [1.165, 1.54) is 21.7 Å². The maximum absolute atomic E-state index is 14.1. The topological polar surface area (TPSA) is 148 Å². The van der Waals surface area contributed by atoms with E-state index in [0.717, 1.165) is 105 Å². The van der Waals surface area contributed by atoms with Crippen molar-refractivity contribution in [3.63, 3.8) is 0 Å². The van der Waals surface area contributed by atoms with E-state index in [2.05, 4.69) is 93.8 Å². The van der Waals surface area contributed by atoms with Gasteiger partial charge in [0.25, 0.3) is 0 Å². The molecule has 4 atom stereocenters. The van der Waals surface area contributed by atoms with Crippen molar-refractivity contribution in [2.75, 3.05) is 45.2 Å². The summed E-state index contributed by atoms with van der Waals surface area (Å²) in [6.45, 7) is 14.0. The summed E-state index contributed by atoms with van der Waals surface area (Å²) in [4.78, 5) is 49.9. The number of hydrogen-bond donors (Lipinski definition) is 5. The number of anilines is 1. The monoisotopic (exact) mass is 910 g/mol. The molecule has 65 heavy (non-hydrogen) atoms. The number of carbonyl (C=O) groups is 3. The van der Waals surface area contributed by atoms with E-state index in [1.54, 1.807) is 11.3 Å². The van der Waals surface area contributed by atoms with Crippen molar-refractivity contribution in [1.82, 2.24) is 31.2 Å². The van der Waals surface area contributed by atoms with Gasteiger partial charge in [-0.25, -0.2) is 4.98 Å². The molecule has 3 amide bonds. The highest BCUT2D eigenvalue weighted by Crippen LogP contribution is 2.30. The first-order valence-corrected chi connectivity index (χ1v) is 24.6. The Morgan fingerprint density at radius 3 is 2.18 bits per heavy atom. The molecule has 0 radical (unpaired) electrons. The van der Waals surface area contributed by atoms with Gasteiger partial charge < -0.3 is 40.9 Å². The van der Waals surface area contributed by atoms with E-state index >= 15 is 0 Å². The first-order chi connectivity index (χ1) is 31.2. The van der Waals surface area contributed by atoms with Gasteiger partial charge in [-0.15, -0.1) is 11.3 Å². The summed E-state index contributed by atoms with van der Waals surface area (Å²) in [6.07, 6.45) is 7.76. The summed E-state index contributed by atoms with van der Waals surface area (Å²) in [5, 5.41) is 23.8. The summed E-state index contributed by atoms with van der Waals surface area (Å²) < 4.78 is 6.00. The molecule has 0 saturated carbocycles. The fourth-order valence-corrected chi connectivity index (χ4v) is 9.12. The van der Waals surface area contributed by atoms with Crippen LogP contribution >= 0.6 is 11.3 Å². The lowest BCUT2D eigenvalue weighted by molar-refractivity contribution is -0.144. The zero-order chi connectivity index (χ0) is 46.8. The molecule has 1 aliphatic heterocycles. The normalized spacial score (nSPS) is 16.0. The third-order valence-corrected chi connectivity index (χ3v) is 13.1. The van der Waals surface area contributed by atoms with E-state index < -0.39 is 23.6 Å². The second kappa shape index (κ2) is 25.8. The SMILES string of the molecule is Cc1ncsc1-c1ccc([C@H](C)NC(=O)[C@@H]2C[C@@H](O)CN2C(=O)[C@@H](NC(=O)CCCCCCCCCOc2ccc(CNCCCNCc3ccccc3N(C)C)cc2)C(C)(C)C)cc1. The number of benzene rings is 3. The van der Waals surface area contributed by atoms with Gasteiger partial charge in [0.2, 0.25) is 17.7 Å². The molecule has 0 aliphatic carbocycles. The Hall–Kier alpha value is -4.82. The molecule has 1 aliphatic rings. The fourth-order valence-electron chi connectivity index (χ4n) is 8.30. The number of rotatable bonds is 26. The molecule has 1 fully saturated rings. The van der Waals surface area contributed by atoms with Crippen molar-refractivity contribution in [1.29, 1.82) is 0 Å². The van der Waals surface area contributed by atoms with E-state index in [0.29, 0.717) is 13.0 Å². The molecule has 5 rings (SSSR count). The molecule has 4 aromatic rings. The van der Waals surface area contributed by atoms with E-state index in [-0.39, 0.29) is 36.7 Å². The van der Waals surface area contributed by atoms with Gasteiger partial charge in [0.05, 0.1) is 34.8 Å². The van der Waals surface area contributed by atoms with Gasteiger partial charge >= 0.3 is 0 Å². The van der Waals surface area contributed by atoms with Crippen LogP contribution in [0.1, 0.15) is 120 Å². The number of aliphatic hydroxyl groups is 1. The van der Waals surface area contributed by atoms with Gasteiger partial charge in [-0.05, 0) is 92.1 Å². The quantitative estimate of drug-likeness (QED) is 0.0393. The van der Waals surface area contributed by atoms with Gasteiger partial charge in [-0.2, -0.15) is 0 Å². The lowest BCUT2D eigenvalue weighted by atomic mass is 9.85.